The molecule has 74 valence electrons. The van der Waals surface area contributed by atoms with E-state index in [-0.39, 0.29) is 5.57 Å². The highest BCUT2D eigenvalue weighted by atomic mass is 35.5. The van der Waals surface area contributed by atoms with E-state index in [1.54, 1.807) is 24.3 Å². The number of ether oxygens (including phenoxy) is 1. The maximum absolute atomic E-state index is 10.8. The van der Waals surface area contributed by atoms with E-state index in [4.69, 9.17) is 21.4 Å². The molecule has 0 saturated carbocycles. The van der Waals surface area contributed by atoms with Gasteiger partial charge in [-0.05, 0) is 6.07 Å². The van der Waals surface area contributed by atoms with Crippen molar-refractivity contribution in [2.75, 3.05) is 7.11 Å². The van der Waals surface area contributed by atoms with Crippen LogP contribution in [0.4, 0.5) is 0 Å². The number of hydrogen-bond donors (Lipinski definition) is 1. The molecule has 0 unspecified atom stereocenters. The van der Waals surface area contributed by atoms with Gasteiger partial charge in [-0.3, -0.25) is 0 Å². The molecule has 3 nitrogen and oxygen atoms in total. The van der Waals surface area contributed by atoms with Crippen molar-refractivity contribution in [3.63, 3.8) is 0 Å². The maximum atomic E-state index is 10.8. The van der Waals surface area contributed by atoms with Crippen molar-refractivity contribution in [1.29, 1.82) is 0 Å². The van der Waals surface area contributed by atoms with Gasteiger partial charge in [-0.1, -0.05) is 29.8 Å². The predicted molar refractivity (Wildman–Crippen MR) is 54.5 cm³/mol. The van der Waals surface area contributed by atoms with Crippen LogP contribution in [0.2, 0.25) is 0 Å². The SMILES string of the molecule is COc1ccccc1C(=CCl)C(=O)O. The van der Waals surface area contributed by atoms with Crippen molar-refractivity contribution in [1.82, 2.24) is 0 Å². The Morgan fingerprint density at radius 2 is 2.14 bits per heavy atom. The molecule has 0 atom stereocenters. The molecule has 0 radical (unpaired) electrons. The molecule has 14 heavy (non-hydrogen) atoms. The van der Waals surface area contributed by atoms with Gasteiger partial charge in [-0.2, -0.15) is 0 Å². The minimum Gasteiger partial charge on any atom is -0.496 e. The van der Waals surface area contributed by atoms with Gasteiger partial charge in [0.1, 0.15) is 5.75 Å². The number of carboxylic acid groups (broad SMARTS) is 1. The Morgan fingerprint density at radius 1 is 1.50 bits per heavy atom. The second-order valence-corrected chi connectivity index (χ2v) is 2.75. The maximum Gasteiger partial charge on any atom is 0.337 e. The van der Waals surface area contributed by atoms with E-state index >= 15 is 0 Å². The van der Waals surface area contributed by atoms with Crippen LogP contribution in [-0.4, -0.2) is 18.2 Å². The lowest BCUT2D eigenvalue weighted by Crippen LogP contribution is -2.00. The van der Waals surface area contributed by atoms with Crippen LogP contribution in [-0.2, 0) is 4.79 Å². The fourth-order valence-electron chi connectivity index (χ4n) is 1.09. The number of benzene rings is 1. The summed E-state index contributed by atoms with van der Waals surface area (Å²) in [5.41, 5.74) is 1.52. The average molecular weight is 213 g/mol. The van der Waals surface area contributed by atoms with Gasteiger partial charge >= 0.3 is 5.97 Å². The van der Waals surface area contributed by atoms with Crippen LogP contribution >= 0.6 is 11.6 Å². The van der Waals surface area contributed by atoms with Crippen molar-refractivity contribution in [3.05, 3.63) is 35.4 Å². The lowest BCUT2D eigenvalue weighted by molar-refractivity contribution is -0.130. The molecule has 1 aromatic rings. The van der Waals surface area contributed by atoms with Gasteiger partial charge in [-0.15, -0.1) is 0 Å². The smallest absolute Gasteiger partial charge is 0.337 e. The summed E-state index contributed by atoms with van der Waals surface area (Å²) in [6.07, 6.45) is 0. The van der Waals surface area contributed by atoms with Crippen LogP contribution in [0.25, 0.3) is 5.57 Å². The van der Waals surface area contributed by atoms with Gasteiger partial charge in [-0.25, -0.2) is 4.79 Å². The van der Waals surface area contributed by atoms with E-state index in [1.165, 1.54) is 7.11 Å². The first-order valence-electron chi connectivity index (χ1n) is 3.87. The van der Waals surface area contributed by atoms with E-state index in [2.05, 4.69) is 0 Å². The molecule has 0 aliphatic heterocycles. The van der Waals surface area contributed by atoms with Crippen LogP contribution < -0.4 is 4.74 Å². The second kappa shape index (κ2) is 4.67. The average Bonchev–Trinajstić information content (AvgIpc) is 2.19. The first-order chi connectivity index (χ1) is 6.70. The minimum atomic E-state index is -1.08. The van der Waals surface area contributed by atoms with Crippen molar-refractivity contribution in [2.24, 2.45) is 0 Å². The van der Waals surface area contributed by atoms with Crippen LogP contribution in [0.15, 0.2) is 29.8 Å². The molecular formula is C10H9ClO3. The van der Waals surface area contributed by atoms with Crippen molar-refractivity contribution in [3.8, 4) is 5.75 Å². The monoisotopic (exact) mass is 212 g/mol. The molecule has 0 aliphatic carbocycles. The first-order valence-corrected chi connectivity index (χ1v) is 4.31. The Hall–Kier alpha value is -1.48. The van der Waals surface area contributed by atoms with Gasteiger partial charge in [0, 0.05) is 11.1 Å². The predicted octanol–water partition coefficient (Wildman–Crippen LogP) is 2.36. The number of aliphatic carboxylic acids is 1. The summed E-state index contributed by atoms with van der Waals surface area (Å²) < 4.78 is 5.02. The molecule has 1 aromatic carbocycles. The molecule has 1 rings (SSSR count). The fraction of sp³-hybridized carbons (Fsp3) is 0.100. The summed E-state index contributed by atoms with van der Waals surface area (Å²) in [6.45, 7) is 0. The Bertz CT molecular complexity index is 371. The number of rotatable bonds is 3. The summed E-state index contributed by atoms with van der Waals surface area (Å²) >= 11 is 5.43. The normalized spacial score (nSPS) is 11.1. The Morgan fingerprint density at radius 3 is 2.64 bits per heavy atom. The quantitative estimate of drug-likeness (QED) is 0.783. The highest BCUT2D eigenvalue weighted by molar-refractivity contribution is 6.34. The molecule has 0 saturated heterocycles. The minimum absolute atomic E-state index is 0.0177. The standard InChI is InChI=1S/C10H9ClO3/c1-14-9-5-3-2-4-7(9)8(6-11)10(12)13/h2-6H,1H3,(H,12,13). The van der Waals surface area contributed by atoms with E-state index in [0.29, 0.717) is 11.3 Å². The van der Waals surface area contributed by atoms with Crippen LogP contribution in [0.1, 0.15) is 5.56 Å². The molecule has 0 bridgehead atoms. The summed E-state index contributed by atoms with van der Waals surface area (Å²) in [6, 6.07) is 6.80. The zero-order valence-corrected chi connectivity index (χ0v) is 8.28. The lowest BCUT2D eigenvalue weighted by Gasteiger charge is -2.07. The largest absolute Gasteiger partial charge is 0.496 e. The third kappa shape index (κ3) is 2.06. The zero-order chi connectivity index (χ0) is 10.6. The van der Waals surface area contributed by atoms with E-state index < -0.39 is 5.97 Å². The van der Waals surface area contributed by atoms with Crippen molar-refractivity contribution < 1.29 is 14.6 Å². The molecule has 0 aliphatic rings. The topological polar surface area (TPSA) is 46.5 Å². The first kappa shape index (κ1) is 10.6. The molecule has 1 N–H and O–H groups in total. The summed E-state index contributed by atoms with van der Waals surface area (Å²) in [4.78, 5) is 10.8. The molecule has 4 heteroatoms. The molecule has 0 fully saturated rings. The highest BCUT2D eigenvalue weighted by Crippen LogP contribution is 2.26. The van der Waals surface area contributed by atoms with Gasteiger partial charge in [0.05, 0.1) is 12.7 Å². The molecule has 0 aromatic heterocycles. The van der Waals surface area contributed by atoms with E-state index in [1.807, 2.05) is 0 Å². The molecule has 0 spiro atoms. The van der Waals surface area contributed by atoms with E-state index in [9.17, 15) is 4.79 Å². The van der Waals surface area contributed by atoms with Crippen LogP contribution in [0, 0.1) is 0 Å². The molecular weight excluding hydrogens is 204 g/mol. The Balaban J connectivity index is 3.23. The molecule has 0 heterocycles. The van der Waals surface area contributed by atoms with Crippen LogP contribution in [0.3, 0.4) is 0 Å². The van der Waals surface area contributed by atoms with Gasteiger partial charge < -0.3 is 9.84 Å². The van der Waals surface area contributed by atoms with Gasteiger partial charge in [0.15, 0.2) is 0 Å². The fourth-order valence-corrected chi connectivity index (χ4v) is 1.30. The van der Waals surface area contributed by atoms with Gasteiger partial charge in [0.2, 0.25) is 0 Å². The summed E-state index contributed by atoms with van der Waals surface area (Å²) in [5, 5.41) is 8.84. The number of methoxy groups -OCH3 is 1. The zero-order valence-electron chi connectivity index (χ0n) is 7.53. The van der Waals surface area contributed by atoms with E-state index in [0.717, 1.165) is 5.54 Å². The summed E-state index contributed by atoms with van der Waals surface area (Å²) in [5.74, 6) is -0.591. The Labute approximate surface area is 86.6 Å². The van der Waals surface area contributed by atoms with Crippen molar-refractivity contribution in [2.45, 2.75) is 0 Å². The number of carbonyl (C=O) groups is 1. The Kier molecular flexibility index (Phi) is 3.54. The summed E-state index contributed by atoms with van der Waals surface area (Å²) in [7, 11) is 1.48. The second-order valence-electron chi connectivity index (χ2n) is 2.53. The number of para-hydroxylation sites is 1. The number of carboxylic acids is 1. The number of halogens is 1. The van der Waals surface area contributed by atoms with Gasteiger partial charge in [0.25, 0.3) is 0 Å². The van der Waals surface area contributed by atoms with Crippen molar-refractivity contribution >= 4 is 23.1 Å². The molecule has 0 amide bonds. The highest BCUT2D eigenvalue weighted by Gasteiger charge is 2.13. The number of hydrogen-bond acceptors (Lipinski definition) is 2. The lowest BCUT2D eigenvalue weighted by atomic mass is 10.1. The third-order valence-corrected chi connectivity index (χ3v) is 1.95. The van der Waals surface area contributed by atoms with Crippen LogP contribution in [0.5, 0.6) is 5.75 Å². The third-order valence-electron chi connectivity index (χ3n) is 1.74.